The molecule has 0 aliphatic rings. The van der Waals surface area contributed by atoms with Crippen LogP contribution in [0.5, 0.6) is 5.75 Å². The average Bonchev–Trinajstić information content (AvgIpc) is 3.11. The Morgan fingerprint density at radius 3 is 2.77 bits per heavy atom. The normalized spacial score (nSPS) is 10.8. The van der Waals surface area contributed by atoms with Crippen LogP contribution >= 0.6 is 0 Å². The first-order chi connectivity index (χ1) is 12.7. The van der Waals surface area contributed by atoms with Gasteiger partial charge in [-0.2, -0.15) is 9.78 Å². The largest absolute Gasteiger partial charge is 0.497 e. The van der Waals surface area contributed by atoms with Crippen molar-refractivity contribution >= 4 is 16.9 Å². The number of anilines is 1. The molecule has 0 bridgehead atoms. The lowest BCUT2D eigenvalue weighted by Gasteiger charge is -2.08. The van der Waals surface area contributed by atoms with Gasteiger partial charge in [0.05, 0.1) is 18.7 Å². The van der Waals surface area contributed by atoms with Gasteiger partial charge in [-0.15, -0.1) is 0 Å². The molecule has 1 aromatic carbocycles. The van der Waals surface area contributed by atoms with Crippen molar-refractivity contribution in [2.24, 2.45) is 0 Å². The van der Waals surface area contributed by atoms with E-state index in [2.05, 4.69) is 30.4 Å². The fraction of sp³-hybridized carbons (Fsp3) is 0.118. The van der Waals surface area contributed by atoms with Gasteiger partial charge in [0.25, 0.3) is 5.95 Å². The van der Waals surface area contributed by atoms with Crippen molar-refractivity contribution < 1.29 is 9.13 Å². The monoisotopic (exact) mass is 351 g/mol. The molecule has 8 nitrogen and oxygen atoms in total. The minimum Gasteiger partial charge on any atom is -0.497 e. The van der Waals surface area contributed by atoms with Crippen LogP contribution < -0.4 is 10.1 Å². The second kappa shape index (κ2) is 6.71. The van der Waals surface area contributed by atoms with E-state index in [1.165, 1.54) is 30.3 Å². The third-order valence-electron chi connectivity index (χ3n) is 3.73. The lowest BCUT2D eigenvalue weighted by atomic mass is 10.2. The highest BCUT2D eigenvalue weighted by atomic mass is 19.1. The summed E-state index contributed by atoms with van der Waals surface area (Å²) in [5.74, 6) is 1.11. The van der Waals surface area contributed by atoms with Crippen LogP contribution in [0, 0.1) is 5.82 Å². The zero-order valence-corrected chi connectivity index (χ0v) is 13.8. The standard InChI is InChI=1S/C17H14FN7O/c1-26-13-6-11(5-12(18)7-13)8-21-15-14-9-24-25(16(14)23-10-22-15)17-19-3-2-4-20-17/h2-7,9-10H,8H2,1H3,(H,21,22,23). The van der Waals surface area contributed by atoms with Gasteiger partial charge in [-0.3, -0.25) is 0 Å². The quantitative estimate of drug-likeness (QED) is 0.590. The van der Waals surface area contributed by atoms with Crippen LogP contribution in [0.2, 0.25) is 0 Å². The molecule has 1 N–H and O–H groups in total. The number of hydrogen-bond donors (Lipinski definition) is 1. The molecule has 0 amide bonds. The maximum Gasteiger partial charge on any atom is 0.252 e. The van der Waals surface area contributed by atoms with Crippen LogP contribution in [0.1, 0.15) is 5.56 Å². The molecule has 4 aromatic rings. The summed E-state index contributed by atoms with van der Waals surface area (Å²) in [6.07, 6.45) is 6.33. The fourth-order valence-corrected chi connectivity index (χ4v) is 2.56. The van der Waals surface area contributed by atoms with E-state index in [4.69, 9.17) is 4.74 Å². The number of fused-ring (bicyclic) bond motifs is 1. The van der Waals surface area contributed by atoms with E-state index in [9.17, 15) is 4.39 Å². The number of aromatic nitrogens is 6. The van der Waals surface area contributed by atoms with Crippen molar-refractivity contribution in [3.8, 4) is 11.7 Å². The van der Waals surface area contributed by atoms with E-state index >= 15 is 0 Å². The third-order valence-corrected chi connectivity index (χ3v) is 3.73. The molecular formula is C17H14FN7O. The van der Waals surface area contributed by atoms with Crippen molar-refractivity contribution in [1.29, 1.82) is 0 Å². The van der Waals surface area contributed by atoms with Gasteiger partial charge in [-0.25, -0.2) is 24.3 Å². The Labute approximate surface area is 147 Å². The van der Waals surface area contributed by atoms with Gasteiger partial charge in [0.2, 0.25) is 0 Å². The van der Waals surface area contributed by atoms with Crippen LogP contribution in [-0.4, -0.2) is 36.8 Å². The summed E-state index contributed by atoms with van der Waals surface area (Å²) in [5.41, 5.74) is 1.30. The number of nitrogens with zero attached hydrogens (tertiary/aromatic N) is 6. The van der Waals surface area contributed by atoms with Crippen molar-refractivity contribution in [3.63, 3.8) is 0 Å². The van der Waals surface area contributed by atoms with Crippen LogP contribution in [0.15, 0.2) is 49.2 Å². The average molecular weight is 351 g/mol. The summed E-state index contributed by atoms with van der Waals surface area (Å²) < 4.78 is 20.2. The molecule has 0 saturated heterocycles. The van der Waals surface area contributed by atoms with Gasteiger partial charge in [-0.1, -0.05) is 0 Å². The fourth-order valence-electron chi connectivity index (χ4n) is 2.56. The van der Waals surface area contributed by atoms with E-state index in [1.54, 1.807) is 30.7 Å². The number of hydrogen-bond acceptors (Lipinski definition) is 7. The van der Waals surface area contributed by atoms with Gasteiger partial charge in [0.15, 0.2) is 5.65 Å². The maximum atomic E-state index is 13.6. The molecule has 3 heterocycles. The molecule has 0 atom stereocenters. The lowest BCUT2D eigenvalue weighted by molar-refractivity contribution is 0.410. The van der Waals surface area contributed by atoms with Crippen LogP contribution in [0.4, 0.5) is 10.2 Å². The van der Waals surface area contributed by atoms with Crippen LogP contribution in [-0.2, 0) is 6.54 Å². The van der Waals surface area contributed by atoms with Crippen molar-refractivity contribution in [2.75, 3.05) is 12.4 Å². The number of methoxy groups -OCH3 is 1. The van der Waals surface area contributed by atoms with Gasteiger partial charge in [0.1, 0.15) is 23.7 Å². The highest BCUT2D eigenvalue weighted by Crippen LogP contribution is 2.22. The Balaban J connectivity index is 1.64. The van der Waals surface area contributed by atoms with E-state index in [1.807, 2.05) is 0 Å². The molecule has 26 heavy (non-hydrogen) atoms. The molecule has 4 rings (SSSR count). The molecule has 0 spiro atoms. The Kier molecular flexibility index (Phi) is 4.10. The lowest BCUT2D eigenvalue weighted by Crippen LogP contribution is -2.05. The van der Waals surface area contributed by atoms with Gasteiger partial charge >= 0.3 is 0 Å². The van der Waals surface area contributed by atoms with Crippen LogP contribution in [0.25, 0.3) is 17.0 Å². The molecule has 0 aliphatic heterocycles. The Bertz CT molecular complexity index is 1050. The second-order valence-electron chi connectivity index (χ2n) is 5.42. The number of nitrogens with one attached hydrogen (secondary N) is 1. The predicted molar refractivity (Wildman–Crippen MR) is 92.5 cm³/mol. The molecule has 0 unspecified atom stereocenters. The van der Waals surface area contributed by atoms with Gasteiger partial charge in [0, 0.05) is 25.0 Å². The second-order valence-corrected chi connectivity index (χ2v) is 5.42. The summed E-state index contributed by atoms with van der Waals surface area (Å²) in [7, 11) is 1.50. The number of halogens is 1. The highest BCUT2D eigenvalue weighted by Gasteiger charge is 2.12. The first kappa shape index (κ1) is 15.9. The SMILES string of the molecule is COc1cc(F)cc(CNc2ncnc3c2cnn3-c2ncccn2)c1. The third kappa shape index (κ3) is 3.02. The highest BCUT2D eigenvalue weighted by molar-refractivity contribution is 5.86. The summed E-state index contributed by atoms with van der Waals surface area (Å²) in [6.45, 7) is 0.368. The zero-order chi connectivity index (χ0) is 17.9. The Morgan fingerprint density at radius 1 is 1.12 bits per heavy atom. The van der Waals surface area contributed by atoms with E-state index in [0.29, 0.717) is 35.1 Å². The topological polar surface area (TPSA) is 90.6 Å². The number of rotatable bonds is 5. The molecular weight excluding hydrogens is 337 g/mol. The van der Waals surface area contributed by atoms with Gasteiger partial charge in [-0.05, 0) is 23.8 Å². The zero-order valence-electron chi connectivity index (χ0n) is 13.8. The molecule has 0 saturated carbocycles. The summed E-state index contributed by atoms with van der Waals surface area (Å²) in [4.78, 5) is 16.9. The minimum absolute atomic E-state index is 0.358. The number of benzene rings is 1. The first-order valence-electron chi connectivity index (χ1n) is 7.78. The maximum absolute atomic E-state index is 13.6. The minimum atomic E-state index is -0.358. The van der Waals surface area contributed by atoms with Crippen LogP contribution in [0.3, 0.4) is 0 Å². The van der Waals surface area contributed by atoms with E-state index in [-0.39, 0.29) is 5.82 Å². The Hall–Kier alpha value is -3.62. The molecule has 0 aliphatic carbocycles. The van der Waals surface area contributed by atoms with Crippen molar-refractivity contribution in [3.05, 3.63) is 60.6 Å². The molecule has 9 heteroatoms. The molecule has 0 radical (unpaired) electrons. The summed E-state index contributed by atoms with van der Waals surface area (Å²) >= 11 is 0. The smallest absolute Gasteiger partial charge is 0.252 e. The van der Waals surface area contributed by atoms with E-state index < -0.39 is 0 Å². The summed E-state index contributed by atoms with van der Waals surface area (Å²) in [5, 5.41) is 8.18. The first-order valence-corrected chi connectivity index (χ1v) is 7.78. The van der Waals surface area contributed by atoms with Gasteiger partial charge < -0.3 is 10.1 Å². The van der Waals surface area contributed by atoms with Crippen molar-refractivity contribution in [1.82, 2.24) is 29.7 Å². The number of ether oxygens (including phenoxy) is 1. The van der Waals surface area contributed by atoms with E-state index in [0.717, 1.165) is 5.56 Å². The molecule has 130 valence electrons. The predicted octanol–water partition coefficient (Wildman–Crippen LogP) is 2.37. The molecule has 3 aromatic heterocycles. The summed E-state index contributed by atoms with van der Waals surface area (Å²) in [6, 6.07) is 6.26. The Morgan fingerprint density at radius 2 is 1.96 bits per heavy atom. The van der Waals surface area contributed by atoms with Crippen molar-refractivity contribution in [2.45, 2.75) is 6.54 Å². The molecule has 0 fully saturated rings.